The highest BCUT2D eigenvalue weighted by Gasteiger charge is 2.16. The maximum Gasteiger partial charge on any atom is 0.270 e. The average Bonchev–Trinajstić information content (AvgIpc) is 3.21. The number of aryl methyl sites for hydroxylation is 1. The van der Waals surface area contributed by atoms with Gasteiger partial charge < -0.3 is 4.42 Å². The summed E-state index contributed by atoms with van der Waals surface area (Å²) in [5.74, 6) is -0.469. The van der Waals surface area contributed by atoms with Gasteiger partial charge in [-0.2, -0.15) is 0 Å². The maximum absolute atomic E-state index is 12.8. The van der Waals surface area contributed by atoms with Crippen LogP contribution in [0.1, 0.15) is 15.9 Å². The van der Waals surface area contributed by atoms with E-state index in [4.69, 9.17) is 4.42 Å². The van der Waals surface area contributed by atoms with Gasteiger partial charge in [0.1, 0.15) is 11.1 Å². The summed E-state index contributed by atoms with van der Waals surface area (Å²) in [4.78, 5) is 31.9. The summed E-state index contributed by atoms with van der Waals surface area (Å²) in [6.07, 6.45) is 1.58. The van der Waals surface area contributed by atoms with E-state index in [1.54, 1.807) is 11.6 Å². The average molecular weight is 406 g/mol. The van der Waals surface area contributed by atoms with E-state index < -0.39 is 10.8 Å². The van der Waals surface area contributed by atoms with Crippen molar-refractivity contribution < 1.29 is 14.1 Å². The molecule has 2 heterocycles. The highest BCUT2D eigenvalue weighted by atomic mass is 32.1. The summed E-state index contributed by atoms with van der Waals surface area (Å²) < 4.78 is 5.84. The molecule has 4 aromatic rings. The van der Waals surface area contributed by atoms with Gasteiger partial charge in [-0.15, -0.1) is 11.3 Å². The Kier molecular flexibility index (Phi) is 4.88. The molecule has 0 saturated carbocycles. The molecule has 0 unspecified atom stereocenters. The lowest BCUT2D eigenvalue weighted by molar-refractivity contribution is -0.384. The van der Waals surface area contributed by atoms with Gasteiger partial charge in [-0.3, -0.25) is 20.2 Å². The molecular formula is C20H14N4O4S. The van der Waals surface area contributed by atoms with E-state index >= 15 is 0 Å². The van der Waals surface area contributed by atoms with Crippen molar-refractivity contribution in [2.75, 3.05) is 5.32 Å². The zero-order chi connectivity index (χ0) is 20.4. The van der Waals surface area contributed by atoms with E-state index in [1.165, 1.54) is 35.6 Å². The predicted octanol–water partition coefficient (Wildman–Crippen LogP) is 4.59. The fourth-order valence-corrected chi connectivity index (χ4v) is 3.19. The number of thiazole rings is 1. The number of amides is 1. The first-order valence-corrected chi connectivity index (χ1v) is 9.42. The van der Waals surface area contributed by atoms with Crippen LogP contribution in [0.5, 0.6) is 0 Å². The lowest BCUT2D eigenvalue weighted by Gasteiger charge is -2.05. The molecular weight excluding hydrogens is 392 g/mol. The van der Waals surface area contributed by atoms with Gasteiger partial charge in [0, 0.05) is 29.1 Å². The quantitative estimate of drug-likeness (QED) is 0.394. The molecule has 144 valence electrons. The first kappa shape index (κ1) is 18.5. The zero-order valence-electron chi connectivity index (χ0n) is 15.2. The molecule has 1 N–H and O–H groups in total. The first-order valence-electron chi connectivity index (χ1n) is 8.54. The minimum Gasteiger partial charge on any atom is -0.438 e. The summed E-state index contributed by atoms with van der Waals surface area (Å²) in [6, 6.07) is 13.1. The minimum atomic E-state index is -0.501. The summed E-state index contributed by atoms with van der Waals surface area (Å²) >= 11 is 1.27. The van der Waals surface area contributed by atoms with Crippen LogP contribution in [-0.2, 0) is 0 Å². The number of benzene rings is 2. The van der Waals surface area contributed by atoms with Crippen LogP contribution in [0.25, 0.3) is 11.0 Å². The molecule has 2 aromatic heterocycles. The second-order valence-corrected chi connectivity index (χ2v) is 7.08. The van der Waals surface area contributed by atoms with Crippen LogP contribution in [-0.4, -0.2) is 15.8 Å². The third-order valence-electron chi connectivity index (χ3n) is 4.10. The van der Waals surface area contributed by atoms with Gasteiger partial charge in [-0.05, 0) is 31.2 Å². The van der Waals surface area contributed by atoms with E-state index in [0.717, 1.165) is 5.56 Å². The third kappa shape index (κ3) is 4.04. The molecule has 0 radical (unpaired) electrons. The maximum atomic E-state index is 12.8. The number of non-ortho nitro benzene ring substituents is 1. The Bertz CT molecular complexity index is 1280. The molecule has 0 fully saturated rings. The number of carbonyl (C=O) groups is 1. The molecule has 4 rings (SSSR count). The summed E-state index contributed by atoms with van der Waals surface area (Å²) in [5.41, 5.74) is 2.23. The summed E-state index contributed by atoms with van der Waals surface area (Å²) in [7, 11) is 0. The molecule has 9 heteroatoms. The molecule has 0 aliphatic heterocycles. The molecule has 29 heavy (non-hydrogen) atoms. The van der Waals surface area contributed by atoms with Crippen molar-refractivity contribution >= 4 is 44.7 Å². The molecule has 1 amide bonds. The van der Waals surface area contributed by atoms with Crippen molar-refractivity contribution in [1.82, 2.24) is 4.98 Å². The normalized spacial score (nSPS) is 11.6. The fraction of sp³-hybridized carbons (Fsp3) is 0.0500. The van der Waals surface area contributed by atoms with E-state index in [-0.39, 0.29) is 16.8 Å². The van der Waals surface area contributed by atoms with Crippen molar-refractivity contribution in [1.29, 1.82) is 0 Å². The van der Waals surface area contributed by atoms with Gasteiger partial charge >= 0.3 is 0 Å². The van der Waals surface area contributed by atoms with Gasteiger partial charge in [0.25, 0.3) is 11.6 Å². The predicted molar refractivity (Wildman–Crippen MR) is 109 cm³/mol. The SMILES string of the molecule is Cc1ccc(N=c2oc3ccc([N+](=O)[O-])cc3cc2C(=O)Nc2nccs2)cc1. The number of carbonyl (C=O) groups excluding carboxylic acids is 1. The van der Waals surface area contributed by atoms with Crippen molar-refractivity contribution in [2.24, 2.45) is 4.99 Å². The largest absolute Gasteiger partial charge is 0.438 e. The van der Waals surface area contributed by atoms with Gasteiger partial charge in [0.2, 0.25) is 5.55 Å². The van der Waals surface area contributed by atoms with Crippen molar-refractivity contribution in [3.63, 3.8) is 0 Å². The Morgan fingerprint density at radius 2 is 2.00 bits per heavy atom. The molecule has 2 aromatic carbocycles. The molecule has 0 aliphatic carbocycles. The molecule has 0 bridgehead atoms. The van der Waals surface area contributed by atoms with Crippen LogP contribution in [0, 0.1) is 17.0 Å². The Hall–Kier alpha value is -3.85. The number of hydrogen-bond acceptors (Lipinski definition) is 7. The number of fused-ring (bicyclic) bond motifs is 1. The smallest absolute Gasteiger partial charge is 0.270 e. The Morgan fingerprint density at radius 3 is 2.69 bits per heavy atom. The first-order chi connectivity index (χ1) is 14.0. The van der Waals surface area contributed by atoms with E-state index in [0.29, 0.717) is 21.8 Å². The number of anilines is 1. The second kappa shape index (κ2) is 7.64. The van der Waals surface area contributed by atoms with Crippen LogP contribution in [0.3, 0.4) is 0 Å². The van der Waals surface area contributed by atoms with Crippen molar-refractivity contribution in [3.8, 4) is 0 Å². The molecule has 0 atom stereocenters. The van der Waals surface area contributed by atoms with E-state index in [1.807, 2.05) is 31.2 Å². The Morgan fingerprint density at radius 1 is 1.21 bits per heavy atom. The molecule has 0 spiro atoms. The van der Waals surface area contributed by atoms with Crippen LogP contribution in [0.15, 0.2) is 69.5 Å². The monoisotopic (exact) mass is 406 g/mol. The van der Waals surface area contributed by atoms with Crippen molar-refractivity contribution in [3.05, 3.63) is 86.9 Å². The summed E-state index contributed by atoms with van der Waals surface area (Å²) in [5, 5.41) is 16.4. The van der Waals surface area contributed by atoms with Crippen LogP contribution in [0.4, 0.5) is 16.5 Å². The van der Waals surface area contributed by atoms with Gasteiger partial charge in [0.05, 0.1) is 10.6 Å². The molecule has 8 nitrogen and oxygen atoms in total. The minimum absolute atomic E-state index is 0.0952. The Balaban J connectivity index is 1.88. The number of nitro benzene ring substituents is 1. The molecule has 0 aliphatic rings. The van der Waals surface area contributed by atoms with Crippen molar-refractivity contribution in [2.45, 2.75) is 6.92 Å². The summed E-state index contributed by atoms with van der Waals surface area (Å²) in [6.45, 7) is 1.96. The third-order valence-corrected chi connectivity index (χ3v) is 4.79. The highest BCUT2D eigenvalue weighted by Crippen LogP contribution is 2.22. The van der Waals surface area contributed by atoms with Crippen LogP contribution >= 0.6 is 11.3 Å². The lowest BCUT2D eigenvalue weighted by Crippen LogP contribution is -2.21. The van der Waals surface area contributed by atoms with Gasteiger partial charge in [0.15, 0.2) is 5.13 Å². The standard InChI is InChI=1S/C20H14N4O4S/c1-12-2-4-14(5-3-12)22-19-16(18(25)23-20-21-8-9-29-20)11-13-10-15(24(26)27)6-7-17(13)28-19/h2-11H,1H3,(H,21,23,25). The van der Waals surface area contributed by atoms with Gasteiger partial charge in [-0.25, -0.2) is 9.98 Å². The Labute approximate surface area is 168 Å². The fourth-order valence-electron chi connectivity index (χ4n) is 2.66. The van der Waals surface area contributed by atoms with Gasteiger partial charge in [-0.1, -0.05) is 17.7 Å². The van der Waals surface area contributed by atoms with Crippen LogP contribution < -0.4 is 10.9 Å². The number of nitro groups is 1. The number of nitrogens with one attached hydrogen (secondary N) is 1. The highest BCUT2D eigenvalue weighted by molar-refractivity contribution is 7.13. The number of hydrogen-bond donors (Lipinski definition) is 1. The lowest BCUT2D eigenvalue weighted by atomic mass is 10.1. The second-order valence-electron chi connectivity index (χ2n) is 6.18. The topological polar surface area (TPSA) is 111 Å². The number of rotatable bonds is 4. The van der Waals surface area contributed by atoms with Crippen LogP contribution in [0.2, 0.25) is 0 Å². The molecule has 0 saturated heterocycles. The number of nitrogens with zero attached hydrogens (tertiary/aromatic N) is 3. The zero-order valence-corrected chi connectivity index (χ0v) is 16.0. The number of aromatic nitrogens is 1. The van der Waals surface area contributed by atoms with E-state index in [9.17, 15) is 14.9 Å². The van der Waals surface area contributed by atoms with E-state index in [2.05, 4.69) is 15.3 Å².